The lowest BCUT2D eigenvalue weighted by molar-refractivity contribution is -0.153. The molecular formula is C4H11O7P. The van der Waals surface area contributed by atoms with Gasteiger partial charge in [-0.3, -0.25) is 4.57 Å². The maximum absolute atomic E-state index is 10.2. The normalized spacial score (nSPS) is 17.9. The number of aliphatic hydroxyl groups is 4. The molecule has 8 heteroatoms. The van der Waals surface area contributed by atoms with Gasteiger partial charge in [0.05, 0.1) is 12.3 Å². The number of rotatable bonds is 4. The van der Waals surface area contributed by atoms with Gasteiger partial charge in [-0.2, -0.15) is 0 Å². The number of hydrogen-bond donors (Lipinski definition) is 6. The van der Waals surface area contributed by atoms with Gasteiger partial charge in [0.25, 0.3) is 0 Å². The summed E-state index contributed by atoms with van der Waals surface area (Å²) in [5.41, 5.74) is 0. The van der Waals surface area contributed by atoms with E-state index >= 15 is 0 Å². The van der Waals surface area contributed by atoms with Crippen molar-refractivity contribution in [1.82, 2.24) is 0 Å². The maximum atomic E-state index is 10.2. The molecule has 0 bridgehead atoms. The Balaban J connectivity index is 4.04. The van der Waals surface area contributed by atoms with Crippen LogP contribution in [-0.2, 0) is 4.57 Å². The molecule has 0 aromatic carbocycles. The Bertz CT molecular complexity index is 174. The molecule has 6 N–H and O–H groups in total. The van der Waals surface area contributed by atoms with Crippen LogP contribution < -0.4 is 0 Å². The molecule has 0 rings (SSSR count). The first-order valence-corrected chi connectivity index (χ1v) is 4.80. The van der Waals surface area contributed by atoms with Crippen molar-refractivity contribution in [3.63, 3.8) is 0 Å². The SMILES string of the molecule is O=P(O)(O)CC(O)C(O)C(O)O. The molecule has 0 radical (unpaired) electrons. The molecule has 0 aliphatic carbocycles. The molecule has 0 amide bonds. The van der Waals surface area contributed by atoms with E-state index in [2.05, 4.69) is 0 Å². The molecule has 0 aliphatic heterocycles. The highest BCUT2D eigenvalue weighted by atomic mass is 31.2. The second-order valence-electron chi connectivity index (χ2n) is 2.32. The van der Waals surface area contributed by atoms with Gasteiger partial charge in [-0.05, 0) is 0 Å². The van der Waals surface area contributed by atoms with Gasteiger partial charge in [0.2, 0.25) is 0 Å². The second kappa shape index (κ2) is 4.29. The van der Waals surface area contributed by atoms with Gasteiger partial charge in [-0.1, -0.05) is 0 Å². The third-order valence-corrected chi connectivity index (χ3v) is 1.97. The first-order chi connectivity index (χ1) is 5.24. The molecular weight excluding hydrogens is 191 g/mol. The fourth-order valence-electron chi connectivity index (χ4n) is 0.550. The summed E-state index contributed by atoms with van der Waals surface area (Å²) >= 11 is 0. The van der Waals surface area contributed by atoms with Crippen molar-refractivity contribution in [3.05, 3.63) is 0 Å². The van der Waals surface area contributed by atoms with E-state index in [-0.39, 0.29) is 0 Å². The first-order valence-electron chi connectivity index (χ1n) is 3.01. The van der Waals surface area contributed by atoms with Crippen LogP contribution in [0.1, 0.15) is 0 Å². The zero-order chi connectivity index (χ0) is 9.94. The quantitative estimate of drug-likeness (QED) is 0.214. The Labute approximate surface area is 68.1 Å². The van der Waals surface area contributed by atoms with Crippen molar-refractivity contribution in [2.45, 2.75) is 18.5 Å². The van der Waals surface area contributed by atoms with E-state index in [1.165, 1.54) is 0 Å². The van der Waals surface area contributed by atoms with Crippen LogP contribution in [0.15, 0.2) is 0 Å². The van der Waals surface area contributed by atoms with Gasteiger partial charge in [-0.25, -0.2) is 0 Å². The van der Waals surface area contributed by atoms with Gasteiger partial charge in [0.1, 0.15) is 6.10 Å². The molecule has 2 unspecified atom stereocenters. The van der Waals surface area contributed by atoms with Crippen LogP contribution in [-0.4, -0.2) is 54.9 Å². The molecule has 0 saturated heterocycles. The first kappa shape index (κ1) is 12.0. The molecule has 0 spiro atoms. The third kappa shape index (κ3) is 4.78. The van der Waals surface area contributed by atoms with E-state index in [4.69, 9.17) is 30.2 Å². The average molecular weight is 202 g/mol. The predicted octanol–water partition coefficient (Wildman–Crippen LogP) is -2.80. The van der Waals surface area contributed by atoms with E-state index in [0.717, 1.165) is 0 Å². The Morgan fingerprint density at radius 3 is 1.75 bits per heavy atom. The van der Waals surface area contributed by atoms with E-state index in [9.17, 15) is 4.57 Å². The zero-order valence-electron chi connectivity index (χ0n) is 5.98. The summed E-state index contributed by atoms with van der Waals surface area (Å²) in [5, 5.41) is 34.0. The van der Waals surface area contributed by atoms with E-state index < -0.39 is 32.3 Å². The van der Waals surface area contributed by atoms with Crippen LogP contribution in [0.5, 0.6) is 0 Å². The van der Waals surface area contributed by atoms with Crippen LogP contribution >= 0.6 is 7.60 Å². The van der Waals surface area contributed by atoms with E-state index in [0.29, 0.717) is 0 Å². The Hall–Kier alpha value is -0.0100. The fraction of sp³-hybridized carbons (Fsp3) is 1.00. The van der Waals surface area contributed by atoms with Crippen molar-refractivity contribution in [3.8, 4) is 0 Å². The summed E-state index contributed by atoms with van der Waals surface area (Å²) in [6, 6.07) is 0. The predicted molar refractivity (Wildman–Crippen MR) is 37.2 cm³/mol. The maximum Gasteiger partial charge on any atom is 0.328 e. The molecule has 74 valence electrons. The van der Waals surface area contributed by atoms with Crippen LogP contribution in [0.2, 0.25) is 0 Å². The summed E-state index contributed by atoms with van der Waals surface area (Å²) in [6.45, 7) is 0. The van der Waals surface area contributed by atoms with E-state index in [1.54, 1.807) is 0 Å². The monoisotopic (exact) mass is 202 g/mol. The summed E-state index contributed by atoms with van der Waals surface area (Å²) in [4.78, 5) is 16.6. The molecule has 12 heavy (non-hydrogen) atoms. The van der Waals surface area contributed by atoms with Gasteiger partial charge in [0.15, 0.2) is 6.29 Å². The number of hydrogen-bond acceptors (Lipinski definition) is 5. The van der Waals surface area contributed by atoms with Crippen molar-refractivity contribution in [2.75, 3.05) is 6.16 Å². The topological polar surface area (TPSA) is 138 Å². The highest BCUT2D eigenvalue weighted by Gasteiger charge is 2.29. The second-order valence-corrected chi connectivity index (χ2v) is 4.01. The number of aliphatic hydroxyl groups excluding tert-OH is 3. The minimum absolute atomic E-state index is 1.01. The standard InChI is InChI=1S/C4H11O7P/c5-2(1-12(9,10)11)3(6)4(7)8/h2-8H,1H2,(H2,9,10,11). The van der Waals surface area contributed by atoms with Crippen molar-refractivity contribution in [1.29, 1.82) is 0 Å². The van der Waals surface area contributed by atoms with Crippen molar-refractivity contribution in [2.24, 2.45) is 0 Å². The van der Waals surface area contributed by atoms with Crippen LogP contribution in [0, 0.1) is 0 Å². The van der Waals surface area contributed by atoms with E-state index in [1.807, 2.05) is 0 Å². The minimum Gasteiger partial charge on any atom is -0.390 e. The van der Waals surface area contributed by atoms with Crippen LogP contribution in [0.3, 0.4) is 0 Å². The fourth-order valence-corrected chi connectivity index (χ4v) is 1.25. The molecule has 0 fully saturated rings. The third-order valence-electron chi connectivity index (χ3n) is 1.12. The molecule has 7 nitrogen and oxygen atoms in total. The Morgan fingerprint density at radius 1 is 1.08 bits per heavy atom. The lowest BCUT2D eigenvalue weighted by Crippen LogP contribution is -2.39. The van der Waals surface area contributed by atoms with Crippen molar-refractivity contribution < 1.29 is 34.8 Å². The lowest BCUT2D eigenvalue weighted by Gasteiger charge is -2.19. The highest BCUT2D eigenvalue weighted by molar-refractivity contribution is 7.51. The van der Waals surface area contributed by atoms with Gasteiger partial charge in [0, 0.05) is 0 Å². The van der Waals surface area contributed by atoms with Gasteiger partial charge < -0.3 is 30.2 Å². The molecule has 0 aromatic rings. The molecule has 0 aromatic heterocycles. The lowest BCUT2D eigenvalue weighted by atomic mass is 10.2. The average Bonchev–Trinajstić information content (AvgIpc) is 1.82. The van der Waals surface area contributed by atoms with Gasteiger partial charge >= 0.3 is 7.60 Å². The molecule has 2 atom stereocenters. The van der Waals surface area contributed by atoms with Crippen molar-refractivity contribution >= 4 is 7.60 Å². The minimum atomic E-state index is -4.45. The van der Waals surface area contributed by atoms with Crippen LogP contribution in [0.25, 0.3) is 0 Å². The summed E-state index contributed by atoms with van der Waals surface area (Å²) < 4.78 is 10.2. The van der Waals surface area contributed by atoms with Gasteiger partial charge in [-0.15, -0.1) is 0 Å². The highest BCUT2D eigenvalue weighted by Crippen LogP contribution is 2.35. The Kier molecular flexibility index (Phi) is 4.29. The molecule has 0 saturated carbocycles. The zero-order valence-corrected chi connectivity index (χ0v) is 6.87. The summed E-state index contributed by atoms with van der Waals surface area (Å²) in [6.07, 6.45) is -7.05. The molecule has 0 heterocycles. The summed E-state index contributed by atoms with van der Waals surface area (Å²) in [5.74, 6) is 0. The van der Waals surface area contributed by atoms with Crippen LogP contribution in [0.4, 0.5) is 0 Å². The largest absolute Gasteiger partial charge is 0.390 e. The Morgan fingerprint density at radius 2 is 1.50 bits per heavy atom. The smallest absolute Gasteiger partial charge is 0.328 e. The molecule has 0 aliphatic rings. The summed E-state index contributed by atoms with van der Waals surface area (Å²) in [7, 11) is -4.45.